The third kappa shape index (κ3) is 6.30. The van der Waals surface area contributed by atoms with E-state index in [0.29, 0.717) is 24.0 Å². The minimum Gasteiger partial charge on any atom is -0.458 e. The second-order valence-corrected chi connectivity index (χ2v) is 8.42. The van der Waals surface area contributed by atoms with E-state index in [-0.39, 0.29) is 5.57 Å². The number of hydrogen-bond donors (Lipinski definition) is 0. The molecule has 1 aliphatic carbocycles. The Hall–Kier alpha value is -1.44. The number of ether oxygens (including phenoxy) is 2. The van der Waals surface area contributed by atoms with E-state index in [4.69, 9.17) is 44.3 Å². The summed E-state index contributed by atoms with van der Waals surface area (Å²) in [6.07, 6.45) is -4.87. The molecule has 10 heteroatoms. The third-order valence-electron chi connectivity index (χ3n) is 3.78. The normalized spacial score (nSPS) is 16.6. The van der Waals surface area contributed by atoms with Crippen LogP contribution in [0.2, 0.25) is 0 Å². The fraction of sp³-hybridized carbons (Fsp3) is 0.412. The van der Waals surface area contributed by atoms with Gasteiger partial charge in [-0.1, -0.05) is 47.4 Å². The average molecular weight is 446 g/mol. The summed E-state index contributed by atoms with van der Waals surface area (Å²) in [6.45, 7) is 2.91. The van der Waals surface area contributed by atoms with Crippen molar-refractivity contribution < 1.29 is 32.2 Å². The highest BCUT2D eigenvalue weighted by Crippen LogP contribution is 2.38. The van der Waals surface area contributed by atoms with Crippen LogP contribution in [0.15, 0.2) is 30.4 Å². The van der Waals surface area contributed by atoms with E-state index < -0.39 is 46.6 Å². The van der Waals surface area contributed by atoms with E-state index in [1.54, 1.807) is 0 Å². The Morgan fingerprint density at radius 1 is 1.22 bits per heavy atom. The quantitative estimate of drug-likeness (QED) is 0.360. The maximum atomic E-state index is 12.8. The molecule has 148 valence electrons. The Labute approximate surface area is 168 Å². The van der Waals surface area contributed by atoms with Gasteiger partial charge in [0.05, 0.1) is 12.0 Å². The van der Waals surface area contributed by atoms with Gasteiger partial charge in [-0.15, -0.1) is 0 Å². The first-order valence-corrected chi connectivity index (χ1v) is 8.81. The van der Waals surface area contributed by atoms with Crippen LogP contribution in [-0.2, 0) is 31.7 Å². The average Bonchev–Trinajstić information content (AvgIpc) is 2.93. The third-order valence-corrected chi connectivity index (χ3v) is 4.11. The van der Waals surface area contributed by atoms with Gasteiger partial charge in [0, 0.05) is 5.57 Å². The van der Waals surface area contributed by atoms with Gasteiger partial charge in [-0.3, -0.25) is 4.79 Å². The van der Waals surface area contributed by atoms with Crippen molar-refractivity contribution in [1.29, 1.82) is 0 Å². The van der Waals surface area contributed by atoms with E-state index >= 15 is 0 Å². The van der Waals surface area contributed by atoms with Crippen molar-refractivity contribution in [1.82, 2.24) is 0 Å². The lowest BCUT2D eigenvalue weighted by atomic mass is 10.1. The second-order valence-electron chi connectivity index (χ2n) is 5.90. The van der Waals surface area contributed by atoms with Gasteiger partial charge in [-0.25, -0.2) is 4.79 Å². The Bertz CT molecular complexity index is 757. The van der Waals surface area contributed by atoms with Crippen LogP contribution >= 0.6 is 34.8 Å². The SMILES string of the molecule is C=C(CC(=O)OC1CCc2cc(C(F)(F)F)ccc21)C(=O)OCC(Cl)(Cl)Cl. The smallest absolute Gasteiger partial charge is 0.416 e. The molecule has 0 spiro atoms. The number of fused-ring (bicyclic) bond motifs is 1. The summed E-state index contributed by atoms with van der Waals surface area (Å²) >= 11 is 16.4. The molecular weight excluding hydrogens is 432 g/mol. The number of halogens is 6. The number of aryl methyl sites for hydroxylation is 1. The van der Waals surface area contributed by atoms with Crippen molar-refractivity contribution in [2.45, 2.75) is 35.3 Å². The van der Waals surface area contributed by atoms with E-state index in [2.05, 4.69) is 6.58 Å². The van der Waals surface area contributed by atoms with Crippen LogP contribution in [-0.4, -0.2) is 22.3 Å². The number of alkyl halides is 6. The van der Waals surface area contributed by atoms with Crippen LogP contribution < -0.4 is 0 Å². The summed E-state index contributed by atoms with van der Waals surface area (Å²) in [5.41, 5.74) is 0.0440. The largest absolute Gasteiger partial charge is 0.458 e. The van der Waals surface area contributed by atoms with Crippen molar-refractivity contribution in [2.24, 2.45) is 0 Å². The van der Waals surface area contributed by atoms with Crippen molar-refractivity contribution in [3.63, 3.8) is 0 Å². The topological polar surface area (TPSA) is 52.6 Å². The minimum atomic E-state index is -4.44. The Kier molecular flexibility index (Phi) is 6.71. The standard InChI is InChI=1S/C17H14Cl3F3O4/c1-9(15(25)26-8-16(18,19)20)6-14(24)27-13-5-2-10-7-11(17(21,22)23)3-4-12(10)13/h3-4,7,13H,1-2,5-6,8H2. The molecule has 1 aromatic rings. The fourth-order valence-electron chi connectivity index (χ4n) is 2.57. The zero-order chi connectivity index (χ0) is 20.4. The summed E-state index contributed by atoms with van der Waals surface area (Å²) in [6, 6.07) is 3.29. The number of rotatable bonds is 5. The predicted molar refractivity (Wildman–Crippen MR) is 93.6 cm³/mol. The molecule has 0 radical (unpaired) electrons. The van der Waals surface area contributed by atoms with Crippen LogP contribution in [0.1, 0.15) is 35.6 Å². The highest BCUT2D eigenvalue weighted by Gasteiger charge is 2.34. The maximum Gasteiger partial charge on any atom is 0.416 e. The summed E-state index contributed by atoms with van der Waals surface area (Å²) in [7, 11) is 0. The summed E-state index contributed by atoms with van der Waals surface area (Å²) < 4.78 is 46.4. The Balaban J connectivity index is 1.93. The van der Waals surface area contributed by atoms with Gasteiger partial charge in [0.1, 0.15) is 12.7 Å². The minimum absolute atomic E-state index is 0.195. The predicted octanol–water partition coefficient (Wildman–Crippen LogP) is 5.10. The highest BCUT2D eigenvalue weighted by atomic mass is 35.6. The van der Waals surface area contributed by atoms with Crippen molar-refractivity contribution in [3.8, 4) is 0 Å². The molecule has 2 rings (SSSR count). The van der Waals surface area contributed by atoms with Crippen LogP contribution in [0.4, 0.5) is 13.2 Å². The van der Waals surface area contributed by atoms with Crippen LogP contribution in [0.3, 0.4) is 0 Å². The first-order valence-electron chi connectivity index (χ1n) is 7.68. The number of carbonyl (C=O) groups is 2. The summed E-state index contributed by atoms with van der Waals surface area (Å²) in [4.78, 5) is 23.7. The molecule has 27 heavy (non-hydrogen) atoms. The molecule has 1 unspecified atom stereocenters. The van der Waals surface area contributed by atoms with Gasteiger partial charge in [-0.05, 0) is 36.1 Å². The number of carbonyl (C=O) groups excluding carboxylic acids is 2. The molecular formula is C17H14Cl3F3O4. The van der Waals surface area contributed by atoms with E-state index in [0.717, 1.165) is 12.1 Å². The van der Waals surface area contributed by atoms with E-state index in [1.165, 1.54) is 6.07 Å². The van der Waals surface area contributed by atoms with Crippen molar-refractivity contribution in [2.75, 3.05) is 6.61 Å². The molecule has 0 aromatic heterocycles. The Morgan fingerprint density at radius 2 is 1.89 bits per heavy atom. The monoisotopic (exact) mass is 444 g/mol. The maximum absolute atomic E-state index is 12.8. The molecule has 0 aliphatic heterocycles. The van der Waals surface area contributed by atoms with Gasteiger partial charge in [0.2, 0.25) is 3.79 Å². The molecule has 4 nitrogen and oxygen atoms in total. The molecule has 0 bridgehead atoms. The van der Waals surface area contributed by atoms with Gasteiger partial charge < -0.3 is 9.47 Å². The molecule has 1 aromatic carbocycles. The molecule has 0 heterocycles. The lowest BCUT2D eigenvalue weighted by Crippen LogP contribution is -2.20. The zero-order valence-electron chi connectivity index (χ0n) is 13.7. The lowest BCUT2D eigenvalue weighted by Gasteiger charge is -2.15. The fourth-order valence-corrected chi connectivity index (χ4v) is 2.74. The highest BCUT2D eigenvalue weighted by molar-refractivity contribution is 6.67. The van der Waals surface area contributed by atoms with Crippen molar-refractivity contribution >= 4 is 46.7 Å². The number of hydrogen-bond acceptors (Lipinski definition) is 4. The van der Waals surface area contributed by atoms with Crippen LogP contribution in [0, 0.1) is 0 Å². The van der Waals surface area contributed by atoms with Crippen LogP contribution in [0.25, 0.3) is 0 Å². The van der Waals surface area contributed by atoms with Gasteiger partial charge >= 0.3 is 18.1 Å². The first-order chi connectivity index (χ1) is 12.4. The van der Waals surface area contributed by atoms with Gasteiger partial charge in [0.15, 0.2) is 0 Å². The molecule has 0 amide bonds. The van der Waals surface area contributed by atoms with Crippen LogP contribution in [0.5, 0.6) is 0 Å². The van der Waals surface area contributed by atoms with E-state index in [1.807, 2.05) is 0 Å². The Morgan fingerprint density at radius 3 is 2.48 bits per heavy atom. The lowest BCUT2D eigenvalue weighted by molar-refractivity contribution is -0.150. The molecule has 0 N–H and O–H groups in total. The summed E-state index contributed by atoms with van der Waals surface area (Å²) in [5.74, 6) is -1.68. The van der Waals surface area contributed by atoms with Crippen molar-refractivity contribution in [3.05, 3.63) is 47.0 Å². The number of esters is 2. The molecule has 0 saturated carbocycles. The zero-order valence-corrected chi connectivity index (χ0v) is 16.0. The summed E-state index contributed by atoms with van der Waals surface area (Å²) in [5, 5.41) is 0. The van der Waals surface area contributed by atoms with E-state index in [9.17, 15) is 22.8 Å². The molecule has 0 fully saturated rings. The first kappa shape index (κ1) is 21.9. The van der Waals surface area contributed by atoms with Gasteiger partial charge in [-0.2, -0.15) is 13.2 Å². The second kappa shape index (κ2) is 8.29. The van der Waals surface area contributed by atoms with Gasteiger partial charge in [0.25, 0.3) is 0 Å². The molecule has 0 saturated heterocycles. The molecule has 1 aliphatic rings. The molecule has 1 atom stereocenters. The number of benzene rings is 1.